The van der Waals surface area contributed by atoms with E-state index in [1.807, 2.05) is 0 Å². The van der Waals surface area contributed by atoms with Gasteiger partial charge in [0.2, 0.25) is 5.91 Å². The lowest BCUT2D eigenvalue weighted by Crippen LogP contribution is -2.59. The molecule has 1 aliphatic rings. The average molecular weight is 568 g/mol. The smallest absolute Gasteiger partial charge is 0.349 e. The monoisotopic (exact) mass is 567 g/mol. The van der Waals surface area contributed by atoms with E-state index in [1.165, 1.54) is 43.1 Å². The Balaban J connectivity index is 1.63. The number of carbonyl (C=O) groups is 3. The van der Waals surface area contributed by atoms with Gasteiger partial charge in [-0.05, 0) is 48.2 Å². The maximum atomic E-state index is 14.9. The second kappa shape index (κ2) is 11.2. The lowest BCUT2D eigenvalue weighted by atomic mass is 9.84. The fraction of sp³-hybridized carbons (Fsp3) is 0.385. The van der Waals surface area contributed by atoms with Gasteiger partial charge in [-0.25, -0.2) is 9.37 Å². The van der Waals surface area contributed by atoms with Gasteiger partial charge in [0.05, 0.1) is 29.6 Å². The number of fused-ring (bicyclic) bond motifs is 1. The number of carbonyl (C=O) groups excluding carboxylic acids is 3. The van der Waals surface area contributed by atoms with Crippen LogP contribution >= 0.6 is 11.6 Å². The summed E-state index contributed by atoms with van der Waals surface area (Å²) in [6.45, 7) is 3.12. The Labute approximate surface area is 226 Å². The molecule has 0 radical (unpaired) electrons. The van der Waals surface area contributed by atoms with Crippen LogP contribution in [0.15, 0.2) is 49.1 Å². The van der Waals surface area contributed by atoms with Crippen molar-refractivity contribution < 1.29 is 31.9 Å². The molecule has 3 heterocycles. The van der Waals surface area contributed by atoms with Crippen LogP contribution < -0.4 is 10.6 Å². The number of nitrogens with one attached hydrogen (secondary N) is 2. The van der Waals surface area contributed by atoms with Crippen LogP contribution in [0.4, 0.5) is 17.6 Å². The standard InChI is InChI=1S/C26H26ClF4N5O3/c1-14(2)22(34-25(39)26(29,30)31)23(37)33-20-12-35(9-7-16(20)18-10-15(27)5-6-19(18)28)24(38)17-4-3-8-36-13-32-11-21(17)36/h3-6,8,10-11,13-14,16,20,22H,7,9,12H2,1-2H3,(H,33,37)(H,34,39)/t16-,20+,22+/m0/s1. The number of alkyl halides is 3. The number of rotatable bonds is 6. The molecule has 3 atom stereocenters. The van der Waals surface area contributed by atoms with Crippen LogP contribution in [0, 0.1) is 11.7 Å². The highest BCUT2D eigenvalue weighted by atomic mass is 35.5. The number of pyridine rings is 1. The minimum Gasteiger partial charge on any atom is -0.349 e. The van der Waals surface area contributed by atoms with Crippen molar-refractivity contribution >= 4 is 34.8 Å². The Kier molecular flexibility index (Phi) is 8.15. The lowest BCUT2D eigenvalue weighted by molar-refractivity contribution is -0.175. The average Bonchev–Trinajstić information content (AvgIpc) is 3.36. The fourth-order valence-corrected chi connectivity index (χ4v) is 4.97. The number of amides is 3. The van der Waals surface area contributed by atoms with Crippen molar-refractivity contribution in [2.45, 2.75) is 44.4 Å². The Hall–Kier alpha value is -3.67. The van der Waals surface area contributed by atoms with Crippen molar-refractivity contribution in [1.29, 1.82) is 0 Å². The molecule has 1 aromatic carbocycles. The largest absolute Gasteiger partial charge is 0.471 e. The predicted molar refractivity (Wildman–Crippen MR) is 135 cm³/mol. The summed E-state index contributed by atoms with van der Waals surface area (Å²) in [5.41, 5.74) is 1.14. The van der Waals surface area contributed by atoms with Crippen LogP contribution in [0.5, 0.6) is 0 Å². The van der Waals surface area contributed by atoms with Crippen molar-refractivity contribution in [3.05, 3.63) is 71.0 Å². The topological polar surface area (TPSA) is 95.8 Å². The molecule has 3 aromatic rings. The van der Waals surface area contributed by atoms with E-state index in [4.69, 9.17) is 11.6 Å². The van der Waals surface area contributed by atoms with Gasteiger partial charge < -0.3 is 19.9 Å². The molecule has 2 aromatic heterocycles. The molecule has 1 aliphatic heterocycles. The number of imidazole rings is 1. The number of hydrogen-bond donors (Lipinski definition) is 2. The highest BCUT2D eigenvalue weighted by Crippen LogP contribution is 2.33. The summed E-state index contributed by atoms with van der Waals surface area (Å²) in [6.07, 6.45) is -0.125. The van der Waals surface area contributed by atoms with E-state index in [0.29, 0.717) is 11.1 Å². The molecule has 208 valence electrons. The van der Waals surface area contributed by atoms with E-state index in [0.717, 1.165) is 0 Å². The first-order valence-corrected chi connectivity index (χ1v) is 12.6. The summed E-state index contributed by atoms with van der Waals surface area (Å²) < 4.78 is 55.3. The van der Waals surface area contributed by atoms with Gasteiger partial charge in [-0.15, -0.1) is 0 Å². The van der Waals surface area contributed by atoms with E-state index in [1.54, 1.807) is 34.4 Å². The summed E-state index contributed by atoms with van der Waals surface area (Å²) in [7, 11) is 0. The number of likely N-dealkylation sites (tertiary alicyclic amines) is 1. The van der Waals surface area contributed by atoms with Gasteiger partial charge in [0.15, 0.2) is 0 Å². The third-order valence-electron chi connectivity index (χ3n) is 6.76. The Bertz CT molecular complexity index is 1390. The zero-order valence-corrected chi connectivity index (χ0v) is 21.8. The number of halogens is 5. The number of aromatic nitrogens is 2. The van der Waals surface area contributed by atoms with Crippen LogP contribution in [-0.2, 0) is 9.59 Å². The number of nitrogens with zero attached hydrogens (tertiary/aromatic N) is 3. The molecule has 1 saturated heterocycles. The fourth-order valence-electron chi connectivity index (χ4n) is 4.78. The molecule has 2 N–H and O–H groups in total. The zero-order valence-electron chi connectivity index (χ0n) is 21.0. The molecule has 0 aliphatic carbocycles. The highest BCUT2D eigenvalue weighted by molar-refractivity contribution is 6.30. The highest BCUT2D eigenvalue weighted by Gasteiger charge is 2.42. The molecule has 0 unspecified atom stereocenters. The molecule has 3 amide bonds. The Morgan fingerprint density at radius 1 is 1.18 bits per heavy atom. The zero-order chi connectivity index (χ0) is 28.5. The molecule has 4 rings (SSSR count). The normalized spacial score (nSPS) is 18.7. The van der Waals surface area contributed by atoms with Gasteiger partial charge in [0.1, 0.15) is 11.9 Å². The number of benzene rings is 1. The Morgan fingerprint density at radius 3 is 2.62 bits per heavy atom. The molecule has 8 nitrogen and oxygen atoms in total. The van der Waals surface area contributed by atoms with Crippen molar-refractivity contribution in [3.63, 3.8) is 0 Å². The quantitative estimate of drug-likeness (QED) is 0.441. The van der Waals surface area contributed by atoms with Crippen molar-refractivity contribution in [2.75, 3.05) is 13.1 Å². The van der Waals surface area contributed by atoms with E-state index < -0.39 is 47.7 Å². The first-order valence-electron chi connectivity index (χ1n) is 12.2. The second-order valence-electron chi connectivity index (χ2n) is 9.73. The Morgan fingerprint density at radius 2 is 1.92 bits per heavy atom. The maximum Gasteiger partial charge on any atom is 0.471 e. The molecule has 39 heavy (non-hydrogen) atoms. The molecule has 0 saturated carbocycles. The van der Waals surface area contributed by atoms with Gasteiger partial charge in [0.25, 0.3) is 5.91 Å². The molecule has 0 spiro atoms. The van der Waals surface area contributed by atoms with Crippen molar-refractivity contribution in [3.8, 4) is 0 Å². The molecule has 13 heteroatoms. The minimum absolute atomic E-state index is 0.0611. The van der Waals surface area contributed by atoms with Gasteiger partial charge in [-0.3, -0.25) is 14.4 Å². The van der Waals surface area contributed by atoms with Crippen LogP contribution in [0.2, 0.25) is 5.02 Å². The van der Waals surface area contributed by atoms with Crippen LogP contribution in [0.1, 0.15) is 42.1 Å². The number of piperidine rings is 1. The van der Waals surface area contributed by atoms with Gasteiger partial charge >= 0.3 is 12.1 Å². The lowest BCUT2D eigenvalue weighted by Gasteiger charge is -2.40. The minimum atomic E-state index is -5.18. The van der Waals surface area contributed by atoms with Gasteiger partial charge in [-0.2, -0.15) is 13.2 Å². The van der Waals surface area contributed by atoms with E-state index in [9.17, 15) is 31.9 Å². The van der Waals surface area contributed by atoms with Crippen LogP contribution in [0.25, 0.3) is 5.52 Å². The van der Waals surface area contributed by atoms with Crippen LogP contribution in [-0.4, -0.2) is 63.4 Å². The predicted octanol–water partition coefficient (Wildman–Crippen LogP) is 3.94. The first kappa shape index (κ1) is 28.3. The summed E-state index contributed by atoms with van der Waals surface area (Å²) in [6, 6.07) is 4.90. The van der Waals surface area contributed by atoms with Gasteiger partial charge in [0, 0.05) is 30.2 Å². The first-order chi connectivity index (χ1) is 18.4. The molecular formula is C26H26ClF4N5O3. The molecular weight excluding hydrogens is 542 g/mol. The maximum absolute atomic E-state index is 14.9. The third-order valence-corrected chi connectivity index (χ3v) is 7.00. The SMILES string of the molecule is CC(C)[C@@H](NC(=O)C(F)(F)F)C(=O)N[C@@H]1CN(C(=O)c2cccn3cncc23)CC[C@H]1c1cc(Cl)ccc1F. The summed E-state index contributed by atoms with van der Waals surface area (Å²) in [5, 5.41) is 4.68. The summed E-state index contributed by atoms with van der Waals surface area (Å²) in [5.74, 6) is -5.39. The number of hydrogen-bond acceptors (Lipinski definition) is 4. The van der Waals surface area contributed by atoms with Crippen molar-refractivity contribution in [2.24, 2.45) is 5.92 Å². The second-order valence-corrected chi connectivity index (χ2v) is 10.2. The van der Waals surface area contributed by atoms with Crippen molar-refractivity contribution in [1.82, 2.24) is 24.9 Å². The van der Waals surface area contributed by atoms with E-state index >= 15 is 0 Å². The third kappa shape index (κ3) is 6.16. The van der Waals surface area contributed by atoms with E-state index in [2.05, 4.69) is 10.3 Å². The molecule has 1 fully saturated rings. The van der Waals surface area contributed by atoms with Gasteiger partial charge in [-0.1, -0.05) is 25.4 Å². The summed E-state index contributed by atoms with van der Waals surface area (Å²) >= 11 is 6.10. The molecule has 0 bridgehead atoms. The van der Waals surface area contributed by atoms with E-state index in [-0.39, 0.29) is 36.0 Å². The summed E-state index contributed by atoms with van der Waals surface area (Å²) in [4.78, 5) is 43.8. The van der Waals surface area contributed by atoms with Crippen LogP contribution in [0.3, 0.4) is 0 Å².